The third-order valence-corrected chi connectivity index (χ3v) is 3.56. The summed E-state index contributed by atoms with van der Waals surface area (Å²) in [6, 6.07) is 13.9. The van der Waals surface area contributed by atoms with E-state index in [4.69, 9.17) is 0 Å². The number of imidazole rings is 1. The summed E-state index contributed by atoms with van der Waals surface area (Å²) in [6.07, 6.45) is 0. The Morgan fingerprint density at radius 2 is 1.95 bits per heavy atom. The molecule has 0 N–H and O–H groups in total. The lowest BCUT2D eigenvalue weighted by Crippen LogP contribution is -1.93. The highest BCUT2D eigenvalue weighted by Gasteiger charge is 2.11. The van der Waals surface area contributed by atoms with Crippen molar-refractivity contribution in [2.75, 3.05) is 0 Å². The normalized spacial score (nSPS) is 10.9. The van der Waals surface area contributed by atoms with Gasteiger partial charge in [0.2, 0.25) is 0 Å². The van der Waals surface area contributed by atoms with Crippen molar-refractivity contribution in [1.82, 2.24) is 9.55 Å². The van der Waals surface area contributed by atoms with Gasteiger partial charge in [-0.3, -0.25) is 4.79 Å². The molecule has 0 amide bonds. The Hall–Kier alpha value is -2.42. The van der Waals surface area contributed by atoms with Gasteiger partial charge in [0.15, 0.2) is 5.78 Å². The Balaban J connectivity index is 2.22. The van der Waals surface area contributed by atoms with Crippen molar-refractivity contribution in [3.8, 4) is 11.4 Å². The van der Waals surface area contributed by atoms with Gasteiger partial charge in [-0.25, -0.2) is 4.98 Å². The summed E-state index contributed by atoms with van der Waals surface area (Å²) < 4.78 is 2.06. The smallest absolute Gasteiger partial charge is 0.159 e. The summed E-state index contributed by atoms with van der Waals surface area (Å²) in [5.41, 5.74) is 4.89. The molecule has 3 nitrogen and oxygen atoms in total. The Labute approximate surface area is 117 Å². The van der Waals surface area contributed by atoms with Gasteiger partial charge < -0.3 is 4.57 Å². The Morgan fingerprint density at radius 1 is 1.15 bits per heavy atom. The molecule has 0 saturated heterocycles. The molecule has 0 unspecified atom stereocenters. The predicted octanol–water partition coefficient (Wildman–Crippen LogP) is 3.75. The third-order valence-electron chi connectivity index (χ3n) is 3.56. The average Bonchev–Trinajstić information content (AvgIpc) is 2.75. The first-order valence-corrected chi connectivity index (χ1v) is 6.61. The van der Waals surface area contributed by atoms with Crippen LogP contribution in [0, 0.1) is 6.92 Å². The minimum absolute atomic E-state index is 0.0645. The monoisotopic (exact) mass is 264 g/mol. The average molecular weight is 264 g/mol. The molecule has 3 heteroatoms. The molecular weight excluding hydrogens is 248 g/mol. The van der Waals surface area contributed by atoms with E-state index in [0.717, 1.165) is 22.4 Å². The summed E-state index contributed by atoms with van der Waals surface area (Å²) in [7, 11) is 2.00. The predicted molar refractivity (Wildman–Crippen MR) is 80.9 cm³/mol. The van der Waals surface area contributed by atoms with Gasteiger partial charge in [-0.05, 0) is 38.1 Å². The topological polar surface area (TPSA) is 34.9 Å². The van der Waals surface area contributed by atoms with Crippen molar-refractivity contribution in [3.63, 3.8) is 0 Å². The molecule has 0 radical (unpaired) electrons. The summed E-state index contributed by atoms with van der Waals surface area (Å²) in [5.74, 6) is 0.985. The lowest BCUT2D eigenvalue weighted by Gasteiger charge is -2.03. The van der Waals surface area contributed by atoms with Crippen LogP contribution >= 0.6 is 0 Å². The van der Waals surface area contributed by atoms with Crippen LogP contribution in [0.15, 0.2) is 42.5 Å². The number of aromatic nitrogens is 2. The fourth-order valence-corrected chi connectivity index (χ4v) is 2.46. The van der Waals surface area contributed by atoms with Crippen LogP contribution in [0.2, 0.25) is 0 Å². The zero-order valence-corrected chi connectivity index (χ0v) is 11.8. The van der Waals surface area contributed by atoms with Gasteiger partial charge in [-0.15, -0.1) is 0 Å². The Bertz CT molecular complexity index is 815. The molecule has 0 fully saturated rings. The van der Waals surface area contributed by atoms with Crippen molar-refractivity contribution >= 4 is 16.8 Å². The molecule has 1 aromatic heterocycles. The van der Waals surface area contributed by atoms with Gasteiger partial charge in [0, 0.05) is 18.2 Å². The highest BCUT2D eigenvalue weighted by Crippen LogP contribution is 2.25. The van der Waals surface area contributed by atoms with Crippen molar-refractivity contribution in [3.05, 3.63) is 53.6 Å². The quantitative estimate of drug-likeness (QED) is 0.661. The zero-order valence-electron chi connectivity index (χ0n) is 11.8. The lowest BCUT2D eigenvalue weighted by atomic mass is 10.1. The maximum Gasteiger partial charge on any atom is 0.159 e. The lowest BCUT2D eigenvalue weighted by molar-refractivity contribution is 0.101. The molecule has 3 rings (SSSR count). The highest BCUT2D eigenvalue weighted by atomic mass is 16.1. The first kappa shape index (κ1) is 12.6. The van der Waals surface area contributed by atoms with Crippen LogP contribution in [-0.4, -0.2) is 15.3 Å². The van der Waals surface area contributed by atoms with E-state index >= 15 is 0 Å². The van der Waals surface area contributed by atoms with E-state index in [1.165, 1.54) is 5.56 Å². The number of rotatable bonds is 2. The van der Waals surface area contributed by atoms with Crippen LogP contribution in [-0.2, 0) is 7.05 Å². The number of carbonyl (C=O) groups is 1. The summed E-state index contributed by atoms with van der Waals surface area (Å²) in [5, 5.41) is 0. The van der Waals surface area contributed by atoms with Crippen molar-refractivity contribution in [1.29, 1.82) is 0 Å². The molecule has 0 atom stereocenters. The number of benzene rings is 2. The maximum atomic E-state index is 11.5. The largest absolute Gasteiger partial charge is 0.327 e. The molecule has 0 bridgehead atoms. The fourth-order valence-electron chi connectivity index (χ4n) is 2.46. The Morgan fingerprint density at radius 3 is 2.65 bits per heavy atom. The second-order valence-electron chi connectivity index (χ2n) is 5.12. The minimum Gasteiger partial charge on any atom is -0.327 e. The van der Waals surface area contributed by atoms with Crippen molar-refractivity contribution in [2.45, 2.75) is 13.8 Å². The van der Waals surface area contributed by atoms with Gasteiger partial charge in [-0.2, -0.15) is 0 Å². The van der Waals surface area contributed by atoms with Crippen LogP contribution < -0.4 is 0 Å². The van der Waals surface area contributed by atoms with E-state index in [0.29, 0.717) is 5.56 Å². The molecule has 0 aliphatic carbocycles. The summed E-state index contributed by atoms with van der Waals surface area (Å²) in [4.78, 5) is 16.1. The number of hydrogen-bond donors (Lipinski definition) is 0. The maximum absolute atomic E-state index is 11.5. The van der Waals surface area contributed by atoms with Gasteiger partial charge in [0.1, 0.15) is 5.82 Å². The Kier molecular flexibility index (Phi) is 2.90. The first-order chi connectivity index (χ1) is 9.56. The second-order valence-corrected chi connectivity index (χ2v) is 5.12. The van der Waals surface area contributed by atoms with Crippen LogP contribution in [0.25, 0.3) is 22.4 Å². The van der Waals surface area contributed by atoms with Gasteiger partial charge >= 0.3 is 0 Å². The number of hydrogen-bond acceptors (Lipinski definition) is 2. The molecule has 0 aliphatic rings. The van der Waals surface area contributed by atoms with E-state index in [9.17, 15) is 4.79 Å². The third kappa shape index (κ3) is 2.01. The molecule has 1 heterocycles. The fraction of sp³-hybridized carbons (Fsp3) is 0.176. The molecule has 0 saturated carbocycles. The van der Waals surface area contributed by atoms with Crippen molar-refractivity contribution in [2.24, 2.45) is 7.05 Å². The van der Waals surface area contributed by atoms with Crippen LogP contribution in [0.4, 0.5) is 0 Å². The molecule has 2 aromatic carbocycles. The molecule has 100 valence electrons. The molecular formula is C17H16N2O. The molecule has 0 spiro atoms. The van der Waals surface area contributed by atoms with Gasteiger partial charge in [0.25, 0.3) is 0 Å². The number of Topliss-reactive ketones (excluding diaryl/α,β-unsaturated/α-hetero) is 1. The standard InChI is InChI=1S/C17H16N2O/c1-11-5-4-6-14(9-11)17-18-15-10-13(12(2)20)7-8-16(15)19(17)3/h4-10H,1-3H3. The molecule has 3 aromatic rings. The number of nitrogens with zero attached hydrogens (tertiary/aromatic N) is 2. The second kappa shape index (κ2) is 4.60. The minimum atomic E-state index is 0.0645. The van der Waals surface area contributed by atoms with E-state index in [1.807, 2.05) is 31.3 Å². The molecule has 0 aliphatic heterocycles. The number of ketones is 1. The number of aryl methyl sites for hydroxylation is 2. The highest BCUT2D eigenvalue weighted by molar-refractivity contribution is 5.97. The van der Waals surface area contributed by atoms with Gasteiger partial charge in [0.05, 0.1) is 11.0 Å². The SMILES string of the molecule is CC(=O)c1ccc2c(c1)nc(-c1cccc(C)c1)n2C. The zero-order chi connectivity index (χ0) is 14.3. The number of fused-ring (bicyclic) bond motifs is 1. The first-order valence-electron chi connectivity index (χ1n) is 6.61. The van der Waals surface area contributed by atoms with E-state index < -0.39 is 0 Å². The van der Waals surface area contributed by atoms with E-state index in [-0.39, 0.29) is 5.78 Å². The summed E-state index contributed by atoms with van der Waals surface area (Å²) >= 11 is 0. The van der Waals surface area contributed by atoms with Crippen molar-refractivity contribution < 1.29 is 4.79 Å². The van der Waals surface area contributed by atoms with Crippen LogP contribution in [0.3, 0.4) is 0 Å². The summed E-state index contributed by atoms with van der Waals surface area (Å²) in [6.45, 7) is 3.64. The number of carbonyl (C=O) groups excluding carboxylic acids is 1. The van der Waals surface area contributed by atoms with Crippen LogP contribution in [0.5, 0.6) is 0 Å². The van der Waals surface area contributed by atoms with Crippen LogP contribution in [0.1, 0.15) is 22.8 Å². The molecule has 20 heavy (non-hydrogen) atoms. The van der Waals surface area contributed by atoms with Gasteiger partial charge in [-0.1, -0.05) is 23.8 Å². The van der Waals surface area contributed by atoms with E-state index in [2.05, 4.69) is 34.7 Å². The van der Waals surface area contributed by atoms with E-state index in [1.54, 1.807) is 6.92 Å².